The van der Waals surface area contributed by atoms with Gasteiger partial charge in [-0.2, -0.15) is 0 Å². The van der Waals surface area contributed by atoms with Gasteiger partial charge in [-0.15, -0.1) is 0 Å². The van der Waals surface area contributed by atoms with Crippen molar-refractivity contribution in [3.63, 3.8) is 0 Å². The maximum atomic E-state index is 13.1. The number of ether oxygens (including phenoxy) is 1. The van der Waals surface area contributed by atoms with Crippen LogP contribution in [0.2, 0.25) is 5.02 Å². The lowest BCUT2D eigenvalue weighted by Crippen LogP contribution is -2.30. The van der Waals surface area contributed by atoms with Crippen molar-refractivity contribution < 1.29 is 18.7 Å². The molecule has 0 aromatic heterocycles. The number of nitrogens with two attached hydrogens (primary N) is 1. The lowest BCUT2D eigenvalue weighted by Gasteiger charge is -2.17. The highest BCUT2D eigenvalue weighted by Crippen LogP contribution is 2.19. The van der Waals surface area contributed by atoms with E-state index in [-0.39, 0.29) is 23.6 Å². The summed E-state index contributed by atoms with van der Waals surface area (Å²) in [7, 11) is 1.54. The fourth-order valence-corrected chi connectivity index (χ4v) is 2.11. The number of nitrogen functional groups attached to an aromatic ring is 1. The molecule has 0 heterocycles. The maximum Gasteiger partial charge on any atom is 0.338 e. The highest BCUT2D eigenvalue weighted by molar-refractivity contribution is 6.33. The SMILES string of the molecule is CN(Cc1cccc(F)c1)C(=O)COC(=O)c1ccc(Cl)c(N)c1. The molecule has 0 radical (unpaired) electrons. The fourth-order valence-electron chi connectivity index (χ4n) is 1.99. The molecular weight excluding hydrogens is 335 g/mol. The van der Waals surface area contributed by atoms with Crippen LogP contribution in [0.15, 0.2) is 42.5 Å². The second kappa shape index (κ2) is 7.79. The Hall–Kier alpha value is -2.60. The van der Waals surface area contributed by atoms with E-state index in [0.29, 0.717) is 10.6 Å². The standard InChI is InChI=1S/C17H16ClFN2O3/c1-21(9-11-3-2-4-13(19)7-11)16(22)10-24-17(23)12-5-6-14(18)15(20)8-12/h2-8H,9-10,20H2,1H3. The molecule has 0 spiro atoms. The van der Waals surface area contributed by atoms with Gasteiger partial charge in [0.25, 0.3) is 5.91 Å². The molecule has 2 aromatic rings. The lowest BCUT2D eigenvalue weighted by atomic mass is 10.2. The number of carbonyl (C=O) groups is 2. The zero-order valence-electron chi connectivity index (χ0n) is 13.0. The van der Waals surface area contributed by atoms with E-state index >= 15 is 0 Å². The van der Waals surface area contributed by atoms with E-state index in [1.54, 1.807) is 19.2 Å². The highest BCUT2D eigenvalue weighted by Gasteiger charge is 2.14. The van der Waals surface area contributed by atoms with Crippen molar-refractivity contribution in [1.29, 1.82) is 0 Å². The third-order valence-electron chi connectivity index (χ3n) is 3.29. The molecular formula is C17H16ClFN2O3. The number of amides is 1. The number of halogens is 2. The van der Waals surface area contributed by atoms with Crippen molar-refractivity contribution in [3.05, 3.63) is 64.4 Å². The van der Waals surface area contributed by atoms with Crippen molar-refractivity contribution in [2.75, 3.05) is 19.4 Å². The van der Waals surface area contributed by atoms with Gasteiger partial charge in [-0.25, -0.2) is 9.18 Å². The van der Waals surface area contributed by atoms with E-state index < -0.39 is 18.5 Å². The van der Waals surface area contributed by atoms with Crippen LogP contribution >= 0.6 is 11.6 Å². The van der Waals surface area contributed by atoms with E-state index in [9.17, 15) is 14.0 Å². The highest BCUT2D eigenvalue weighted by atomic mass is 35.5. The van der Waals surface area contributed by atoms with Crippen LogP contribution in [-0.2, 0) is 16.1 Å². The zero-order valence-corrected chi connectivity index (χ0v) is 13.7. The maximum absolute atomic E-state index is 13.1. The van der Waals surface area contributed by atoms with E-state index in [2.05, 4.69) is 0 Å². The molecule has 126 valence electrons. The summed E-state index contributed by atoms with van der Waals surface area (Å²) in [6.45, 7) is -0.213. The van der Waals surface area contributed by atoms with Crippen LogP contribution in [-0.4, -0.2) is 30.4 Å². The van der Waals surface area contributed by atoms with E-state index in [1.165, 1.54) is 35.2 Å². The number of hydrogen-bond acceptors (Lipinski definition) is 4. The molecule has 0 aliphatic carbocycles. The van der Waals surface area contributed by atoms with Gasteiger partial charge in [0.2, 0.25) is 0 Å². The summed E-state index contributed by atoms with van der Waals surface area (Å²) in [5.74, 6) is -1.46. The fraction of sp³-hybridized carbons (Fsp3) is 0.176. The van der Waals surface area contributed by atoms with Gasteiger partial charge >= 0.3 is 5.97 Å². The van der Waals surface area contributed by atoms with Gasteiger partial charge in [-0.3, -0.25) is 4.79 Å². The number of likely N-dealkylation sites (N-methyl/N-ethyl adjacent to an activating group) is 1. The minimum atomic E-state index is -0.675. The summed E-state index contributed by atoms with van der Waals surface area (Å²) in [5.41, 5.74) is 6.71. The first-order valence-corrected chi connectivity index (χ1v) is 7.45. The Balaban J connectivity index is 1.89. The second-order valence-electron chi connectivity index (χ2n) is 5.19. The summed E-state index contributed by atoms with van der Waals surface area (Å²) in [4.78, 5) is 25.2. The van der Waals surface area contributed by atoms with E-state index in [1.807, 2.05) is 0 Å². The first-order chi connectivity index (χ1) is 11.4. The number of rotatable bonds is 5. The van der Waals surface area contributed by atoms with Crippen molar-refractivity contribution in [2.45, 2.75) is 6.54 Å². The average molecular weight is 351 g/mol. The number of benzene rings is 2. The van der Waals surface area contributed by atoms with Gasteiger partial charge in [0.05, 0.1) is 16.3 Å². The molecule has 0 saturated carbocycles. The van der Waals surface area contributed by atoms with Crippen LogP contribution in [0.3, 0.4) is 0 Å². The number of anilines is 1. The normalized spacial score (nSPS) is 10.3. The van der Waals surface area contributed by atoms with Crippen molar-refractivity contribution in [3.8, 4) is 0 Å². The molecule has 2 rings (SSSR count). The van der Waals surface area contributed by atoms with Crippen molar-refractivity contribution in [2.24, 2.45) is 0 Å². The van der Waals surface area contributed by atoms with Crippen LogP contribution in [0.25, 0.3) is 0 Å². The van der Waals surface area contributed by atoms with Gasteiger partial charge in [-0.1, -0.05) is 23.7 Å². The third-order valence-corrected chi connectivity index (χ3v) is 3.64. The van der Waals surface area contributed by atoms with Gasteiger partial charge in [0, 0.05) is 13.6 Å². The number of nitrogens with zero attached hydrogens (tertiary/aromatic N) is 1. The van der Waals surface area contributed by atoms with E-state index in [4.69, 9.17) is 22.1 Å². The Bertz CT molecular complexity index is 767. The molecule has 7 heteroatoms. The number of carbonyl (C=O) groups excluding carboxylic acids is 2. The van der Waals surface area contributed by atoms with E-state index in [0.717, 1.165) is 0 Å². The first-order valence-electron chi connectivity index (χ1n) is 7.07. The Morgan fingerprint density at radius 3 is 2.67 bits per heavy atom. The van der Waals surface area contributed by atoms with Crippen LogP contribution in [0.1, 0.15) is 15.9 Å². The van der Waals surface area contributed by atoms with Crippen molar-refractivity contribution >= 4 is 29.2 Å². The van der Waals surface area contributed by atoms with Crippen LogP contribution in [0.5, 0.6) is 0 Å². The second-order valence-corrected chi connectivity index (χ2v) is 5.60. The molecule has 1 amide bonds. The summed E-state index contributed by atoms with van der Waals surface area (Å²) < 4.78 is 18.1. The minimum Gasteiger partial charge on any atom is -0.452 e. The van der Waals surface area contributed by atoms with Crippen LogP contribution in [0.4, 0.5) is 10.1 Å². The molecule has 0 aliphatic heterocycles. The molecule has 0 aliphatic rings. The molecule has 0 fully saturated rings. The molecule has 0 atom stereocenters. The molecule has 0 bridgehead atoms. The Morgan fingerprint density at radius 2 is 2.00 bits per heavy atom. The topological polar surface area (TPSA) is 72.6 Å². The molecule has 0 saturated heterocycles. The third kappa shape index (κ3) is 4.70. The zero-order chi connectivity index (χ0) is 17.7. The number of esters is 1. The summed E-state index contributed by atoms with van der Waals surface area (Å²) >= 11 is 5.78. The largest absolute Gasteiger partial charge is 0.452 e. The monoisotopic (exact) mass is 350 g/mol. The number of hydrogen-bond donors (Lipinski definition) is 1. The smallest absolute Gasteiger partial charge is 0.338 e. The Labute approximate surface area is 143 Å². The first kappa shape index (κ1) is 17.7. The van der Waals surface area contributed by atoms with Crippen molar-refractivity contribution in [1.82, 2.24) is 4.90 Å². The molecule has 5 nitrogen and oxygen atoms in total. The molecule has 24 heavy (non-hydrogen) atoms. The molecule has 2 aromatic carbocycles. The lowest BCUT2D eigenvalue weighted by molar-refractivity contribution is -0.133. The Kier molecular flexibility index (Phi) is 5.76. The predicted octanol–water partition coefficient (Wildman–Crippen LogP) is 2.88. The minimum absolute atomic E-state index is 0.206. The molecule has 0 unspecified atom stereocenters. The van der Waals surface area contributed by atoms with Crippen LogP contribution < -0.4 is 5.73 Å². The summed E-state index contributed by atoms with van der Waals surface area (Å²) in [6, 6.07) is 10.2. The van der Waals surface area contributed by atoms with Gasteiger partial charge < -0.3 is 15.4 Å². The van der Waals surface area contributed by atoms with Gasteiger partial charge in [0.1, 0.15) is 5.82 Å². The predicted molar refractivity (Wildman–Crippen MR) is 89.0 cm³/mol. The van der Waals surface area contributed by atoms with Gasteiger partial charge in [-0.05, 0) is 35.9 Å². The molecule has 2 N–H and O–H groups in total. The van der Waals surface area contributed by atoms with Gasteiger partial charge in [0.15, 0.2) is 6.61 Å². The Morgan fingerprint density at radius 1 is 1.25 bits per heavy atom. The summed E-state index contributed by atoms with van der Waals surface area (Å²) in [6.07, 6.45) is 0. The van der Waals surface area contributed by atoms with Crippen LogP contribution in [0, 0.1) is 5.82 Å². The average Bonchev–Trinajstić information content (AvgIpc) is 2.54. The quantitative estimate of drug-likeness (QED) is 0.664. The summed E-state index contributed by atoms with van der Waals surface area (Å²) in [5, 5.41) is 0.331.